The average molecular weight is 373 g/mol. The van der Waals surface area contributed by atoms with E-state index in [1.165, 1.54) is 0 Å². The summed E-state index contributed by atoms with van der Waals surface area (Å²) in [6.45, 7) is 3.70. The molecule has 1 aliphatic carbocycles. The van der Waals surface area contributed by atoms with E-state index in [0.717, 1.165) is 35.8 Å². The summed E-state index contributed by atoms with van der Waals surface area (Å²) < 4.78 is 11.3. The van der Waals surface area contributed by atoms with Crippen molar-refractivity contribution < 1.29 is 23.8 Å². The number of hydrogen-bond donors (Lipinski definition) is 2. The largest absolute Gasteiger partial charge is 0.481 e. The van der Waals surface area contributed by atoms with Gasteiger partial charge >= 0.3 is 11.6 Å². The van der Waals surface area contributed by atoms with Gasteiger partial charge in [0.1, 0.15) is 11.3 Å². The van der Waals surface area contributed by atoms with E-state index in [0.29, 0.717) is 23.3 Å². The molecule has 0 fully saturated rings. The van der Waals surface area contributed by atoms with Gasteiger partial charge in [-0.2, -0.15) is 0 Å². The molecule has 0 radical (unpaired) electrons. The van der Waals surface area contributed by atoms with Crippen molar-refractivity contribution >= 4 is 22.8 Å². The lowest BCUT2D eigenvalue weighted by molar-refractivity contribution is -0.137. The van der Waals surface area contributed by atoms with E-state index in [1.807, 2.05) is 6.07 Å². The number of rotatable bonds is 7. The summed E-state index contributed by atoms with van der Waals surface area (Å²) in [5, 5.41) is 12.2. The van der Waals surface area contributed by atoms with Crippen LogP contribution < -0.4 is 15.7 Å². The van der Waals surface area contributed by atoms with Gasteiger partial charge in [-0.05, 0) is 57.2 Å². The van der Waals surface area contributed by atoms with Gasteiger partial charge in [-0.1, -0.05) is 0 Å². The highest BCUT2D eigenvalue weighted by atomic mass is 16.5. The Labute approximate surface area is 156 Å². The zero-order valence-corrected chi connectivity index (χ0v) is 15.5. The predicted molar refractivity (Wildman–Crippen MR) is 99.2 cm³/mol. The molecule has 1 aromatic carbocycles. The van der Waals surface area contributed by atoms with Gasteiger partial charge in [0.25, 0.3) is 5.91 Å². The molecular weight excluding hydrogens is 350 g/mol. The van der Waals surface area contributed by atoms with E-state index >= 15 is 0 Å². The highest BCUT2D eigenvalue weighted by Crippen LogP contribution is 2.33. The minimum absolute atomic E-state index is 0.00263. The summed E-state index contributed by atoms with van der Waals surface area (Å²) in [6.07, 6.45) is 2.18. The van der Waals surface area contributed by atoms with E-state index in [9.17, 15) is 14.4 Å². The first-order chi connectivity index (χ1) is 12.9. The Balaban J connectivity index is 1.74. The van der Waals surface area contributed by atoms with E-state index in [-0.39, 0.29) is 24.5 Å². The smallest absolute Gasteiger partial charge is 0.339 e. The van der Waals surface area contributed by atoms with Crippen LogP contribution in [0.15, 0.2) is 21.3 Å². The van der Waals surface area contributed by atoms with Crippen molar-refractivity contribution in [2.75, 3.05) is 6.54 Å². The number of aliphatic carboxylic acids is 1. The Morgan fingerprint density at radius 3 is 2.78 bits per heavy atom. The summed E-state index contributed by atoms with van der Waals surface area (Å²) in [5.74, 6) is -0.736. The molecule has 7 heteroatoms. The van der Waals surface area contributed by atoms with E-state index in [1.54, 1.807) is 19.9 Å². The monoisotopic (exact) mass is 373 g/mol. The molecule has 1 unspecified atom stereocenters. The van der Waals surface area contributed by atoms with Gasteiger partial charge in [0.15, 0.2) is 6.10 Å². The maximum absolute atomic E-state index is 12.2. The number of carbonyl (C=O) groups is 2. The second-order valence-electron chi connectivity index (χ2n) is 6.81. The Morgan fingerprint density at radius 2 is 2.04 bits per heavy atom. The number of benzene rings is 1. The van der Waals surface area contributed by atoms with Crippen molar-refractivity contribution in [3.63, 3.8) is 0 Å². The number of amides is 1. The Morgan fingerprint density at radius 1 is 1.30 bits per heavy atom. The molecule has 144 valence electrons. The standard InChI is InChI=1S/C20H23NO6/c1-11-16(26-12(2)19(24)21-10-4-7-17(22)23)9-8-14-13-5-3-6-15(13)20(25)27-18(11)14/h8-9,12H,3-7,10H2,1-2H3,(H,21,24)(H,22,23). The zero-order valence-electron chi connectivity index (χ0n) is 15.5. The van der Waals surface area contributed by atoms with Gasteiger partial charge in [-0.3, -0.25) is 9.59 Å². The second-order valence-corrected chi connectivity index (χ2v) is 6.81. The maximum Gasteiger partial charge on any atom is 0.339 e. The van der Waals surface area contributed by atoms with Gasteiger partial charge in [0, 0.05) is 29.5 Å². The van der Waals surface area contributed by atoms with Gasteiger partial charge in [0.2, 0.25) is 0 Å². The van der Waals surface area contributed by atoms with Crippen LogP contribution in [0, 0.1) is 6.92 Å². The third-order valence-corrected chi connectivity index (χ3v) is 4.88. The first-order valence-electron chi connectivity index (χ1n) is 9.12. The van der Waals surface area contributed by atoms with Crippen molar-refractivity contribution in [3.8, 4) is 5.75 Å². The lowest BCUT2D eigenvalue weighted by Crippen LogP contribution is -2.37. The van der Waals surface area contributed by atoms with Crippen LogP contribution in [0.2, 0.25) is 0 Å². The molecule has 0 saturated carbocycles. The van der Waals surface area contributed by atoms with Gasteiger partial charge < -0.3 is 19.6 Å². The fraction of sp³-hybridized carbons (Fsp3) is 0.450. The minimum Gasteiger partial charge on any atom is -0.481 e. The molecule has 1 aromatic heterocycles. The fourth-order valence-corrected chi connectivity index (χ4v) is 3.43. The molecular formula is C20H23NO6. The van der Waals surface area contributed by atoms with Crippen molar-refractivity contribution in [2.24, 2.45) is 0 Å². The van der Waals surface area contributed by atoms with Crippen molar-refractivity contribution in [1.29, 1.82) is 0 Å². The topological polar surface area (TPSA) is 106 Å². The van der Waals surface area contributed by atoms with Crippen LogP contribution in [0.3, 0.4) is 0 Å². The first kappa shape index (κ1) is 18.9. The number of nitrogens with one attached hydrogen (secondary N) is 1. The van der Waals surface area contributed by atoms with E-state index < -0.39 is 12.1 Å². The maximum atomic E-state index is 12.2. The second kappa shape index (κ2) is 7.82. The van der Waals surface area contributed by atoms with Crippen LogP contribution in [0.1, 0.15) is 42.9 Å². The molecule has 2 aromatic rings. The van der Waals surface area contributed by atoms with Crippen LogP contribution in [-0.4, -0.2) is 29.6 Å². The average Bonchev–Trinajstić information content (AvgIpc) is 3.12. The predicted octanol–water partition coefficient (Wildman–Crippen LogP) is 2.34. The third kappa shape index (κ3) is 3.97. The summed E-state index contributed by atoms with van der Waals surface area (Å²) in [5.41, 5.74) is 2.72. The lowest BCUT2D eigenvalue weighted by Gasteiger charge is -2.17. The first-order valence-corrected chi connectivity index (χ1v) is 9.12. The molecule has 0 aliphatic heterocycles. The lowest BCUT2D eigenvalue weighted by atomic mass is 10.0. The minimum atomic E-state index is -0.895. The molecule has 0 spiro atoms. The highest BCUT2D eigenvalue weighted by molar-refractivity contribution is 5.86. The van der Waals surface area contributed by atoms with Crippen LogP contribution >= 0.6 is 0 Å². The quantitative estimate of drug-likeness (QED) is 0.570. The van der Waals surface area contributed by atoms with Crippen LogP contribution in [0.5, 0.6) is 5.75 Å². The van der Waals surface area contributed by atoms with E-state index in [2.05, 4.69) is 5.32 Å². The van der Waals surface area contributed by atoms with Crippen LogP contribution in [-0.2, 0) is 22.4 Å². The zero-order chi connectivity index (χ0) is 19.6. The summed E-state index contributed by atoms with van der Waals surface area (Å²) in [7, 11) is 0. The molecule has 1 atom stereocenters. The Bertz CT molecular complexity index is 946. The Kier molecular flexibility index (Phi) is 5.48. The molecule has 27 heavy (non-hydrogen) atoms. The Hall–Kier alpha value is -2.83. The molecule has 3 rings (SSSR count). The number of carbonyl (C=O) groups excluding carboxylic acids is 1. The third-order valence-electron chi connectivity index (χ3n) is 4.88. The SMILES string of the molecule is Cc1c(OC(C)C(=O)NCCCC(=O)O)ccc2c3c(c(=O)oc12)CCC3. The fourth-order valence-electron chi connectivity index (χ4n) is 3.43. The number of aryl methyl sites for hydroxylation is 2. The van der Waals surface area contributed by atoms with Crippen molar-refractivity contribution in [2.45, 2.75) is 52.1 Å². The summed E-state index contributed by atoms with van der Waals surface area (Å²) in [6, 6.07) is 3.67. The molecule has 0 saturated heterocycles. The number of carboxylic acid groups (broad SMARTS) is 1. The summed E-state index contributed by atoms with van der Waals surface area (Å²) >= 11 is 0. The number of ether oxygens (including phenoxy) is 1. The van der Waals surface area contributed by atoms with Gasteiger partial charge in [-0.25, -0.2) is 4.79 Å². The molecule has 1 amide bonds. The summed E-state index contributed by atoms with van der Waals surface area (Å²) in [4.78, 5) is 34.8. The van der Waals surface area contributed by atoms with Crippen LogP contribution in [0.4, 0.5) is 0 Å². The molecule has 7 nitrogen and oxygen atoms in total. The number of fused-ring (bicyclic) bond motifs is 3. The number of carboxylic acids is 1. The highest BCUT2D eigenvalue weighted by Gasteiger charge is 2.22. The molecule has 1 heterocycles. The normalized spacial score (nSPS) is 14.0. The van der Waals surface area contributed by atoms with Crippen molar-refractivity contribution in [1.82, 2.24) is 5.32 Å². The van der Waals surface area contributed by atoms with Gasteiger partial charge in [0.05, 0.1) is 0 Å². The van der Waals surface area contributed by atoms with Gasteiger partial charge in [-0.15, -0.1) is 0 Å². The van der Waals surface area contributed by atoms with Crippen molar-refractivity contribution in [3.05, 3.63) is 39.2 Å². The van der Waals surface area contributed by atoms with E-state index in [4.69, 9.17) is 14.3 Å². The molecule has 1 aliphatic rings. The molecule has 2 N–H and O–H groups in total. The molecule has 0 bridgehead atoms. The van der Waals surface area contributed by atoms with Crippen LogP contribution in [0.25, 0.3) is 11.0 Å². The number of hydrogen-bond acceptors (Lipinski definition) is 5.